The van der Waals surface area contributed by atoms with E-state index in [0.717, 1.165) is 17.8 Å². The van der Waals surface area contributed by atoms with E-state index in [9.17, 15) is 4.79 Å². The van der Waals surface area contributed by atoms with Crippen molar-refractivity contribution in [3.63, 3.8) is 0 Å². The van der Waals surface area contributed by atoms with Gasteiger partial charge in [-0.3, -0.25) is 4.79 Å². The standard InChI is InChI=1S/C12H17N3O2S/c1-17-9-8(13)10(11(16)14-6-2-3-6)18-12(9)15-7-4-5-7/h6-7,15H,2-5,13H2,1H3,(H,14,16). The highest BCUT2D eigenvalue weighted by molar-refractivity contribution is 7.19. The van der Waals surface area contributed by atoms with Gasteiger partial charge in [0.05, 0.1) is 7.11 Å². The third kappa shape index (κ3) is 2.25. The minimum Gasteiger partial charge on any atom is -0.492 e. The SMILES string of the molecule is COc1c(NC2CC2)sc(C(=O)NC2CC2)c1N. The van der Waals surface area contributed by atoms with Gasteiger partial charge < -0.3 is 21.1 Å². The second-order valence-electron chi connectivity index (χ2n) is 4.87. The van der Waals surface area contributed by atoms with Crippen molar-refractivity contribution < 1.29 is 9.53 Å². The summed E-state index contributed by atoms with van der Waals surface area (Å²) in [4.78, 5) is 12.6. The van der Waals surface area contributed by atoms with E-state index in [0.29, 0.717) is 28.4 Å². The number of carbonyl (C=O) groups excluding carboxylic acids is 1. The number of hydrogen-bond donors (Lipinski definition) is 3. The molecule has 0 bridgehead atoms. The first-order valence-corrected chi connectivity index (χ1v) is 7.04. The monoisotopic (exact) mass is 267 g/mol. The van der Waals surface area contributed by atoms with Gasteiger partial charge in [0.2, 0.25) is 0 Å². The van der Waals surface area contributed by atoms with Crippen LogP contribution in [-0.4, -0.2) is 25.1 Å². The maximum atomic E-state index is 12.0. The molecule has 0 atom stereocenters. The van der Waals surface area contributed by atoms with Crippen LogP contribution in [-0.2, 0) is 0 Å². The maximum absolute atomic E-state index is 12.0. The smallest absolute Gasteiger partial charge is 0.263 e. The van der Waals surface area contributed by atoms with Crippen LogP contribution in [0.4, 0.5) is 10.7 Å². The number of rotatable bonds is 5. The molecule has 5 nitrogen and oxygen atoms in total. The van der Waals surface area contributed by atoms with Crippen LogP contribution >= 0.6 is 11.3 Å². The normalized spacial score (nSPS) is 18.5. The Labute approximate surface area is 110 Å². The Morgan fingerprint density at radius 2 is 2.00 bits per heavy atom. The number of thiophene rings is 1. The summed E-state index contributed by atoms with van der Waals surface area (Å²) in [5.41, 5.74) is 6.44. The van der Waals surface area contributed by atoms with Gasteiger partial charge in [-0.2, -0.15) is 0 Å². The molecule has 0 unspecified atom stereocenters. The molecule has 2 saturated carbocycles. The van der Waals surface area contributed by atoms with E-state index in [2.05, 4.69) is 10.6 Å². The Hall–Kier alpha value is -1.43. The summed E-state index contributed by atoms with van der Waals surface area (Å²) in [5, 5.41) is 7.18. The molecule has 2 fully saturated rings. The Morgan fingerprint density at radius 1 is 1.33 bits per heavy atom. The molecule has 98 valence electrons. The largest absolute Gasteiger partial charge is 0.492 e. The van der Waals surface area contributed by atoms with Gasteiger partial charge in [0.1, 0.15) is 15.6 Å². The highest BCUT2D eigenvalue weighted by atomic mass is 32.1. The second-order valence-corrected chi connectivity index (χ2v) is 5.89. The predicted octanol–water partition coefficient (Wildman–Crippen LogP) is 1.81. The van der Waals surface area contributed by atoms with Gasteiger partial charge in [-0.05, 0) is 25.7 Å². The minimum absolute atomic E-state index is 0.0813. The van der Waals surface area contributed by atoms with E-state index >= 15 is 0 Å². The zero-order valence-electron chi connectivity index (χ0n) is 10.3. The van der Waals surface area contributed by atoms with Crippen molar-refractivity contribution in [3.05, 3.63) is 4.88 Å². The lowest BCUT2D eigenvalue weighted by Gasteiger charge is -2.04. The van der Waals surface area contributed by atoms with Crippen molar-refractivity contribution in [1.82, 2.24) is 5.32 Å². The summed E-state index contributed by atoms with van der Waals surface area (Å²) in [6, 6.07) is 0.848. The van der Waals surface area contributed by atoms with Crippen molar-refractivity contribution in [1.29, 1.82) is 0 Å². The molecule has 1 aromatic heterocycles. The Balaban J connectivity index is 1.83. The van der Waals surface area contributed by atoms with E-state index in [1.165, 1.54) is 24.2 Å². The van der Waals surface area contributed by atoms with Gasteiger partial charge in [-0.1, -0.05) is 0 Å². The van der Waals surface area contributed by atoms with E-state index in [1.807, 2.05) is 0 Å². The molecule has 0 aliphatic heterocycles. The molecule has 0 spiro atoms. The lowest BCUT2D eigenvalue weighted by atomic mass is 10.3. The number of nitrogen functional groups attached to an aromatic ring is 1. The molecule has 4 N–H and O–H groups in total. The Morgan fingerprint density at radius 3 is 2.56 bits per heavy atom. The summed E-state index contributed by atoms with van der Waals surface area (Å²) in [6.07, 6.45) is 4.48. The fraction of sp³-hybridized carbons (Fsp3) is 0.583. The highest BCUT2D eigenvalue weighted by Gasteiger charge is 2.30. The predicted molar refractivity (Wildman–Crippen MR) is 72.4 cm³/mol. The fourth-order valence-corrected chi connectivity index (χ4v) is 2.86. The van der Waals surface area contributed by atoms with Crippen molar-refractivity contribution in [3.8, 4) is 5.75 Å². The Kier molecular flexibility index (Phi) is 2.81. The van der Waals surface area contributed by atoms with Gasteiger partial charge >= 0.3 is 0 Å². The van der Waals surface area contributed by atoms with Gasteiger partial charge in [0.15, 0.2) is 5.75 Å². The van der Waals surface area contributed by atoms with Crippen LogP contribution in [0.3, 0.4) is 0 Å². The topological polar surface area (TPSA) is 76.4 Å². The lowest BCUT2D eigenvalue weighted by Crippen LogP contribution is -2.25. The average molecular weight is 267 g/mol. The summed E-state index contributed by atoms with van der Waals surface area (Å²) in [5.74, 6) is 0.523. The van der Waals surface area contributed by atoms with Crippen molar-refractivity contribution in [2.24, 2.45) is 0 Å². The number of carbonyl (C=O) groups is 1. The van der Waals surface area contributed by atoms with Crippen molar-refractivity contribution in [2.45, 2.75) is 37.8 Å². The number of anilines is 2. The van der Waals surface area contributed by atoms with E-state index in [4.69, 9.17) is 10.5 Å². The van der Waals surface area contributed by atoms with E-state index < -0.39 is 0 Å². The first-order valence-electron chi connectivity index (χ1n) is 6.22. The first kappa shape index (κ1) is 11.6. The number of nitrogens with two attached hydrogens (primary N) is 1. The van der Waals surface area contributed by atoms with Crippen LogP contribution in [0, 0.1) is 0 Å². The second kappa shape index (κ2) is 4.35. The van der Waals surface area contributed by atoms with E-state index in [-0.39, 0.29) is 5.91 Å². The third-order valence-corrected chi connectivity index (χ3v) is 4.25. The van der Waals surface area contributed by atoms with Crippen molar-refractivity contribution >= 4 is 27.9 Å². The van der Waals surface area contributed by atoms with Gasteiger partial charge in [0, 0.05) is 12.1 Å². The number of amides is 1. The molecule has 1 heterocycles. The van der Waals surface area contributed by atoms with Crippen LogP contribution < -0.4 is 21.1 Å². The number of methoxy groups -OCH3 is 1. The molecular formula is C12H17N3O2S. The third-order valence-electron chi connectivity index (χ3n) is 3.14. The maximum Gasteiger partial charge on any atom is 0.263 e. The van der Waals surface area contributed by atoms with Crippen LogP contribution in [0.15, 0.2) is 0 Å². The van der Waals surface area contributed by atoms with Crippen LogP contribution in [0.1, 0.15) is 35.4 Å². The first-order chi connectivity index (χ1) is 8.69. The lowest BCUT2D eigenvalue weighted by molar-refractivity contribution is 0.0956. The van der Waals surface area contributed by atoms with Crippen LogP contribution in [0.2, 0.25) is 0 Å². The molecule has 3 rings (SSSR count). The Bertz CT molecular complexity index is 478. The highest BCUT2D eigenvalue weighted by Crippen LogP contribution is 2.44. The number of hydrogen-bond acceptors (Lipinski definition) is 5. The van der Waals surface area contributed by atoms with Gasteiger partial charge in [0.25, 0.3) is 5.91 Å². The molecule has 0 radical (unpaired) electrons. The number of ether oxygens (including phenoxy) is 1. The molecule has 6 heteroatoms. The minimum atomic E-state index is -0.0813. The summed E-state index contributed by atoms with van der Waals surface area (Å²) in [6.45, 7) is 0. The van der Waals surface area contributed by atoms with Gasteiger partial charge in [-0.25, -0.2) is 0 Å². The molecule has 1 aromatic rings. The fourth-order valence-electron chi connectivity index (χ4n) is 1.79. The molecule has 1 amide bonds. The molecule has 2 aliphatic rings. The average Bonchev–Trinajstić information content (AvgIpc) is 3.22. The van der Waals surface area contributed by atoms with Crippen LogP contribution in [0.5, 0.6) is 5.75 Å². The van der Waals surface area contributed by atoms with Gasteiger partial charge in [-0.15, -0.1) is 11.3 Å². The zero-order chi connectivity index (χ0) is 12.7. The molecule has 18 heavy (non-hydrogen) atoms. The summed E-state index contributed by atoms with van der Waals surface area (Å²) in [7, 11) is 1.58. The molecule has 0 aromatic carbocycles. The zero-order valence-corrected chi connectivity index (χ0v) is 11.1. The van der Waals surface area contributed by atoms with Crippen molar-refractivity contribution in [2.75, 3.05) is 18.2 Å². The van der Waals surface area contributed by atoms with E-state index in [1.54, 1.807) is 7.11 Å². The summed E-state index contributed by atoms with van der Waals surface area (Å²) >= 11 is 1.38. The summed E-state index contributed by atoms with van der Waals surface area (Å²) < 4.78 is 5.30. The quantitative estimate of drug-likeness (QED) is 0.760. The molecular weight excluding hydrogens is 250 g/mol. The van der Waals surface area contributed by atoms with Crippen LogP contribution in [0.25, 0.3) is 0 Å². The molecule has 2 aliphatic carbocycles. The molecule has 0 saturated heterocycles. The number of nitrogens with one attached hydrogen (secondary N) is 2.